The molecular formula is C24H25F3N4O2S2. The molecule has 0 radical (unpaired) electrons. The van der Waals surface area contributed by atoms with E-state index in [1.165, 1.54) is 11.1 Å². The molecule has 2 aromatic rings. The van der Waals surface area contributed by atoms with Gasteiger partial charge in [-0.25, -0.2) is 0 Å². The third kappa shape index (κ3) is 4.27. The van der Waals surface area contributed by atoms with Crippen molar-refractivity contribution in [3.63, 3.8) is 0 Å². The van der Waals surface area contributed by atoms with Crippen molar-refractivity contribution in [2.75, 3.05) is 21.3 Å². The van der Waals surface area contributed by atoms with Crippen molar-refractivity contribution in [2.45, 2.75) is 56.5 Å². The summed E-state index contributed by atoms with van der Waals surface area (Å²) in [6.07, 6.45) is 0.758. The molecule has 2 saturated heterocycles. The van der Waals surface area contributed by atoms with Crippen molar-refractivity contribution in [1.82, 2.24) is 4.98 Å². The number of rotatable bonds is 5. The van der Waals surface area contributed by atoms with E-state index in [-0.39, 0.29) is 35.0 Å². The van der Waals surface area contributed by atoms with E-state index < -0.39 is 17.3 Å². The molecule has 186 valence electrons. The number of pyridine rings is 1. The Morgan fingerprint density at radius 3 is 2.43 bits per heavy atom. The molecule has 3 fully saturated rings. The number of carbonyl (C=O) groups excluding carboxylic acids is 1. The normalized spacial score (nSPS) is 20.5. The van der Waals surface area contributed by atoms with Gasteiger partial charge in [-0.1, -0.05) is 0 Å². The van der Waals surface area contributed by atoms with Crippen molar-refractivity contribution < 1.29 is 22.7 Å². The minimum absolute atomic E-state index is 0.00609. The van der Waals surface area contributed by atoms with Crippen molar-refractivity contribution in [1.29, 1.82) is 0 Å². The molecule has 2 aliphatic heterocycles. The zero-order valence-electron chi connectivity index (χ0n) is 18.9. The lowest BCUT2D eigenvalue weighted by Crippen LogP contribution is -2.55. The van der Waals surface area contributed by atoms with Crippen molar-refractivity contribution in [3.05, 3.63) is 47.8 Å². The first-order valence-corrected chi connectivity index (χ1v) is 13.1. The number of halogens is 3. The number of aromatic nitrogens is 1. The molecule has 6 nitrogen and oxygen atoms in total. The zero-order chi connectivity index (χ0) is 24.8. The molecule has 1 aliphatic carbocycles. The maximum atomic E-state index is 13.6. The fourth-order valence-electron chi connectivity index (χ4n) is 4.88. The molecule has 3 aliphatic rings. The van der Waals surface area contributed by atoms with E-state index >= 15 is 0 Å². The SMILES string of the molecule is NCc1ncc(N2C(=O)C3(CCC3)N(c3ccc(OC4CCSCC4)cc3)C2=S)cc1C(F)(F)F. The third-order valence-electron chi connectivity index (χ3n) is 6.87. The lowest BCUT2D eigenvalue weighted by atomic mass is 9.75. The smallest absolute Gasteiger partial charge is 0.418 e. The van der Waals surface area contributed by atoms with Crippen LogP contribution in [0.15, 0.2) is 36.5 Å². The van der Waals surface area contributed by atoms with Crippen LogP contribution in [0, 0.1) is 0 Å². The summed E-state index contributed by atoms with van der Waals surface area (Å²) in [5, 5.41) is 0.142. The average Bonchev–Trinajstić information content (AvgIpc) is 3.06. The first kappa shape index (κ1) is 24.3. The highest BCUT2D eigenvalue weighted by molar-refractivity contribution is 7.99. The molecule has 5 rings (SSSR count). The molecule has 0 unspecified atom stereocenters. The molecule has 3 heterocycles. The minimum Gasteiger partial charge on any atom is -0.490 e. The Kier molecular flexibility index (Phi) is 6.43. The Morgan fingerprint density at radius 2 is 1.86 bits per heavy atom. The van der Waals surface area contributed by atoms with E-state index in [1.54, 1.807) is 4.90 Å². The summed E-state index contributed by atoms with van der Waals surface area (Å²) in [7, 11) is 0. The predicted octanol–water partition coefficient (Wildman–Crippen LogP) is 4.89. The van der Waals surface area contributed by atoms with Crippen LogP contribution in [0.1, 0.15) is 43.4 Å². The number of amides is 1. The molecular weight excluding hydrogens is 497 g/mol. The van der Waals surface area contributed by atoms with Gasteiger partial charge in [0, 0.05) is 12.2 Å². The highest BCUT2D eigenvalue weighted by atomic mass is 32.2. The van der Waals surface area contributed by atoms with E-state index in [4.69, 9.17) is 22.7 Å². The van der Waals surface area contributed by atoms with Crippen LogP contribution in [0.4, 0.5) is 24.5 Å². The van der Waals surface area contributed by atoms with Gasteiger partial charge in [0.15, 0.2) is 5.11 Å². The molecule has 35 heavy (non-hydrogen) atoms. The fraction of sp³-hybridized carbons (Fsp3) is 0.458. The Hall–Kier alpha value is -2.37. The standard InChI is InChI=1S/C24H25F3N4O2S2/c25-24(26,27)19-12-16(14-29-20(19)13-28)30-21(32)23(8-1-9-23)31(22(30)34)15-2-4-17(5-3-15)33-18-6-10-35-11-7-18/h2-5,12,14,18H,1,6-11,13,28H2. The number of thioether (sulfide) groups is 1. The largest absolute Gasteiger partial charge is 0.490 e. The molecule has 1 amide bonds. The number of nitrogens with zero attached hydrogens (tertiary/aromatic N) is 3. The van der Waals surface area contributed by atoms with Crippen LogP contribution >= 0.6 is 24.0 Å². The van der Waals surface area contributed by atoms with E-state index in [1.807, 2.05) is 36.0 Å². The molecule has 2 N–H and O–H groups in total. The summed E-state index contributed by atoms with van der Waals surface area (Å²) in [6, 6.07) is 8.34. The second-order valence-electron chi connectivity index (χ2n) is 8.96. The second-order valence-corrected chi connectivity index (χ2v) is 10.5. The highest BCUT2D eigenvalue weighted by Gasteiger charge is 2.59. The number of thiocarbonyl (C=S) groups is 1. The van der Waals surface area contributed by atoms with Gasteiger partial charge in [0.25, 0.3) is 5.91 Å². The van der Waals surface area contributed by atoms with Gasteiger partial charge in [0.2, 0.25) is 0 Å². The Labute approximate surface area is 211 Å². The van der Waals surface area contributed by atoms with Crippen LogP contribution in [0.25, 0.3) is 0 Å². The lowest BCUT2D eigenvalue weighted by Gasteiger charge is -2.43. The average molecular weight is 523 g/mol. The lowest BCUT2D eigenvalue weighted by molar-refractivity contribution is -0.138. The summed E-state index contributed by atoms with van der Waals surface area (Å²) in [5.74, 6) is 2.59. The van der Waals surface area contributed by atoms with Crippen molar-refractivity contribution in [2.24, 2.45) is 5.73 Å². The number of ether oxygens (including phenoxy) is 1. The zero-order valence-corrected chi connectivity index (χ0v) is 20.5. The number of hydrogen-bond acceptors (Lipinski definition) is 6. The van der Waals surface area contributed by atoms with Crippen LogP contribution in [0.3, 0.4) is 0 Å². The number of benzene rings is 1. The van der Waals surface area contributed by atoms with Gasteiger partial charge in [-0.05, 0) is 86.2 Å². The first-order chi connectivity index (χ1) is 16.7. The summed E-state index contributed by atoms with van der Waals surface area (Å²) < 4.78 is 47.0. The maximum absolute atomic E-state index is 13.6. The fourth-order valence-corrected chi connectivity index (χ4v) is 6.41. The van der Waals surface area contributed by atoms with Crippen molar-refractivity contribution in [3.8, 4) is 5.75 Å². The molecule has 1 spiro atoms. The molecule has 0 bridgehead atoms. The van der Waals surface area contributed by atoms with Gasteiger partial charge < -0.3 is 15.4 Å². The number of hydrogen-bond donors (Lipinski definition) is 1. The van der Waals surface area contributed by atoms with Crippen molar-refractivity contribution >= 4 is 46.4 Å². The number of nitrogens with two attached hydrogens (primary N) is 1. The molecule has 1 saturated carbocycles. The van der Waals surface area contributed by atoms with E-state index in [0.29, 0.717) is 18.5 Å². The van der Waals surface area contributed by atoms with Crippen LogP contribution in [0.2, 0.25) is 0 Å². The first-order valence-electron chi connectivity index (χ1n) is 11.5. The van der Waals surface area contributed by atoms with E-state index in [0.717, 1.165) is 42.6 Å². The summed E-state index contributed by atoms with van der Waals surface area (Å²) >= 11 is 7.61. The number of carbonyl (C=O) groups is 1. The van der Waals surface area contributed by atoms with Crippen LogP contribution in [-0.2, 0) is 17.5 Å². The second kappa shape index (κ2) is 9.25. The van der Waals surface area contributed by atoms with Gasteiger partial charge in [-0.15, -0.1) is 0 Å². The van der Waals surface area contributed by atoms with Crippen LogP contribution in [0.5, 0.6) is 5.75 Å². The predicted molar refractivity (Wildman–Crippen MR) is 134 cm³/mol. The summed E-state index contributed by atoms with van der Waals surface area (Å²) in [5.41, 5.74) is 4.03. The topological polar surface area (TPSA) is 71.7 Å². The van der Waals surface area contributed by atoms with Gasteiger partial charge in [-0.3, -0.25) is 14.7 Å². The maximum Gasteiger partial charge on any atom is 0.418 e. The summed E-state index contributed by atoms with van der Waals surface area (Å²) in [4.78, 5) is 20.4. The van der Waals surface area contributed by atoms with Crippen LogP contribution in [-0.4, -0.2) is 39.2 Å². The number of anilines is 2. The van der Waals surface area contributed by atoms with E-state index in [9.17, 15) is 18.0 Å². The minimum atomic E-state index is -4.65. The van der Waals surface area contributed by atoms with Gasteiger partial charge >= 0.3 is 6.18 Å². The van der Waals surface area contributed by atoms with Crippen LogP contribution < -0.4 is 20.3 Å². The van der Waals surface area contributed by atoms with Gasteiger partial charge in [-0.2, -0.15) is 24.9 Å². The van der Waals surface area contributed by atoms with E-state index in [2.05, 4.69) is 4.98 Å². The van der Waals surface area contributed by atoms with Gasteiger partial charge in [0.05, 0.1) is 23.1 Å². The quantitative estimate of drug-likeness (QED) is 0.561. The number of alkyl halides is 3. The highest BCUT2D eigenvalue weighted by Crippen LogP contribution is 2.48. The Bertz CT molecular complexity index is 1130. The van der Waals surface area contributed by atoms with Gasteiger partial charge in [0.1, 0.15) is 17.4 Å². The monoisotopic (exact) mass is 522 g/mol. The molecule has 1 aromatic heterocycles. The molecule has 11 heteroatoms. The summed E-state index contributed by atoms with van der Waals surface area (Å²) in [6.45, 7) is -0.363. The third-order valence-corrected chi connectivity index (χ3v) is 8.29. The molecule has 1 aromatic carbocycles. The Morgan fingerprint density at radius 1 is 1.17 bits per heavy atom. The molecule has 0 atom stereocenters. The Balaban J connectivity index is 1.45.